The monoisotopic (exact) mass is 434 g/mol. The van der Waals surface area contributed by atoms with Crippen LogP contribution in [0.1, 0.15) is 11.1 Å². The molecular weight excluding hydrogens is 419 g/mol. The molecule has 0 fully saturated rings. The van der Waals surface area contributed by atoms with Gasteiger partial charge in [0.15, 0.2) is 11.6 Å². The van der Waals surface area contributed by atoms with E-state index in [1.807, 2.05) is 72.8 Å². The highest BCUT2D eigenvalue weighted by Gasteiger charge is 2.08. The zero-order chi connectivity index (χ0) is 20.8. The molecule has 148 valence electrons. The molecule has 30 heavy (non-hydrogen) atoms. The average molecular weight is 435 g/mol. The average Bonchev–Trinajstić information content (AvgIpc) is 2.77. The van der Waals surface area contributed by atoms with Crippen molar-refractivity contribution >= 4 is 58.0 Å². The van der Waals surface area contributed by atoms with Gasteiger partial charge < -0.3 is 0 Å². The largest absolute Gasteiger partial charge is 0.259 e. The van der Waals surface area contributed by atoms with Crippen LogP contribution < -0.4 is 10.9 Å². The molecule has 1 aromatic heterocycles. The van der Waals surface area contributed by atoms with Crippen LogP contribution in [0.3, 0.4) is 0 Å². The Morgan fingerprint density at radius 3 is 1.43 bits per heavy atom. The number of hydrogen-bond acceptors (Lipinski definition) is 6. The summed E-state index contributed by atoms with van der Waals surface area (Å²) >= 11 is 12.3. The standard InChI is InChI=1S/C22H16Cl2N6/c23-19-11-5-1-7-15(19)13-25-27-21-17-9-3-4-10-18(17)22(30-29-21)28-26-14-16-8-2-6-12-20(16)24/h1-14H,(H,27,29)(H,28,30)/b25-13+,26-14+. The van der Waals surface area contributed by atoms with E-state index < -0.39 is 0 Å². The molecule has 0 spiro atoms. The summed E-state index contributed by atoms with van der Waals surface area (Å²) in [6, 6.07) is 22.6. The summed E-state index contributed by atoms with van der Waals surface area (Å²) in [6.45, 7) is 0. The predicted molar refractivity (Wildman–Crippen MR) is 125 cm³/mol. The van der Waals surface area contributed by atoms with Gasteiger partial charge in [-0.2, -0.15) is 10.2 Å². The van der Waals surface area contributed by atoms with Crippen LogP contribution in [0, 0.1) is 0 Å². The van der Waals surface area contributed by atoms with E-state index in [0.29, 0.717) is 21.7 Å². The van der Waals surface area contributed by atoms with Gasteiger partial charge in [0.25, 0.3) is 0 Å². The number of anilines is 2. The SMILES string of the molecule is Clc1ccccc1/C=N/Nc1nnc(N/N=C/c2ccccc2Cl)c2ccccc12. The van der Waals surface area contributed by atoms with Gasteiger partial charge in [0.1, 0.15) is 0 Å². The molecule has 0 atom stereocenters. The van der Waals surface area contributed by atoms with Crippen LogP contribution in [0.5, 0.6) is 0 Å². The summed E-state index contributed by atoms with van der Waals surface area (Å²) in [5.41, 5.74) is 7.47. The number of fused-ring (bicyclic) bond motifs is 1. The van der Waals surface area contributed by atoms with E-state index in [1.54, 1.807) is 12.4 Å². The first-order chi connectivity index (χ1) is 14.7. The van der Waals surface area contributed by atoms with Crippen LogP contribution >= 0.6 is 23.2 Å². The van der Waals surface area contributed by atoms with Crippen LogP contribution in [-0.2, 0) is 0 Å². The van der Waals surface area contributed by atoms with Crippen molar-refractivity contribution in [3.8, 4) is 0 Å². The number of hydrazone groups is 2. The molecule has 0 radical (unpaired) electrons. The second kappa shape index (κ2) is 9.35. The number of rotatable bonds is 6. The Morgan fingerprint density at radius 2 is 1.00 bits per heavy atom. The maximum atomic E-state index is 6.15. The normalized spacial score (nSPS) is 11.4. The smallest absolute Gasteiger partial charge is 0.176 e. The highest BCUT2D eigenvalue weighted by Crippen LogP contribution is 2.26. The first-order valence-electron chi connectivity index (χ1n) is 9.05. The van der Waals surface area contributed by atoms with Crippen LogP contribution in [0.25, 0.3) is 10.8 Å². The highest BCUT2D eigenvalue weighted by atomic mass is 35.5. The van der Waals surface area contributed by atoms with Crippen molar-refractivity contribution in [2.45, 2.75) is 0 Å². The number of benzene rings is 3. The minimum atomic E-state index is 0.523. The van der Waals surface area contributed by atoms with E-state index in [2.05, 4.69) is 31.3 Å². The first-order valence-corrected chi connectivity index (χ1v) is 9.80. The molecule has 0 unspecified atom stereocenters. The molecule has 4 rings (SSSR count). The zero-order valence-electron chi connectivity index (χ0n) is 15.6. The molecule has 6 nitrogen and oxygen atoms in total. The maximum Gasteiger partial charge on any atom is 0.176 e. The molecule has 0 aliphatic rings. The summed E-state index contributed by atoms with van der Waals surface area (Å²) in [7, 11) is 0. The van der Waals surface area contributed by atoms with Crippen LogP contribution in [0.15, 0.2) is 83.0 Å². The Hall–Kier alpha value is -3.48. The minimum absolute atomic E-state index is 0.523. The zero-order valence-corrected chi connectivity index (χ0v) is 17.1. The van der Waals surface area contributed by atoms with Gasteiger partial charge in [0, 0.05) is 31.9 Å². The van der Waals surface area contributed by atoms with Gasteiger partial charge in [-0.25, -0.2) is 0 Å². The van der Waals surface area contributed by atoms with Gasteiger partial charge in [-0.15, -0.1) is 10.2 Å². The van der Waals surface area contributed by atoms with Gasteiger partial charge in [-0.1, -0.05) is 83.9 Å². The van der Waals surface area contributed by atoms with E-state index >= 15 is 0 Å². The molecular formula is C22H16Cl2N6. The highest BCUT2D eigenvalue weighted by molar-refractivity contribution is 6.33. The van der Waals surface area contributed by atoms with Crippen molar-refractivity contribution in [1.29, 1.82) is 0 Å². The fourth-order valence-electron chi connectivity index (χ4n) is 2.75. The Morgan fingerprint density at radius 1 is 0.600 bits per heavy atom. The Bertz CT molecular complexity index is 1140. The molecule has 0 bridgehead atoms. The molecule has 2 N–H and O–H groups in total. The first kappa shape index (κ1) is 19.8. The van der Waals surface area contributed by atoms with Crippen molar-refractivity contribution < 1.29 is 0 Å². The molecule has 0 aliphatic carbocycles. The number of hydrogen-bond donors (Lipinski definition) is 2. The van der Waals surface area contributed by atoms with Gasteiger partial charge >= 0.3 is 0 Å². The fraction of sp³-hybridized carbons (Fsp3) is 0. The predicted octanol–water partition coefficient (Wildman–Crippen LogP) is 5.83. The molecule has 0 saturated carbocycles. The van der Waals surface area contributed by atoms with Gasteiger partial charge in [0.2, 0.25) is 0 Å². The van der Waals surface area contributed by atoms with Crippen molar-refractivity contribution in [2.75, 3.05) is 10.9 Å². The number of halogens is 2. The van der Waals surface area contributed by atoms with Gasteiger partial charge in [0.05, 0.1) is 12.4 Å². The van der Waals surface area contributed by atoms with Gasteiger partial charge in [-0.3, -0.25) is 10.9 Å². The van der Waals surface area contributed by atoms with E-state index in [9.17, 15) is 0 Å². The molecule has 1 heterocycles. The Labute approximate surface area is 183 Å². The van der Waals surface area contributed by atoms with Crippen LogP contribution in [0.4, 0.5) is 11.6 Å². The van der Waals surface area contributed by atoms with E-state index in [1.165, 1.54) is 0 Å². The molecule has 0 saturated heterocycles. The number of aromatic nitrogens is 2. The fourth-order valence-corrected chi connectivity index (χ4v) is 3.12. The third-order valence-corrected chi connectivity index (χ3v) is 4.93. The molecule has 0 aliphatic heterocycles. The third kappa shape index (κ3) is 4.56. The van der Waals surface area contributed by atoms with Crippen LogP contribution in [0.2, 0.25) is 10.0 Å². The Balaban J connectivity index is 1.56. The lowest BCUT2D eigenvalue weighted by Crippen LogP contribution is -2.01. The number of nitrogens with zero attached hydrogens (tertiary/aromatic N) is 4. The van der Waals surface area contributed by atoms with Gasteiger partial charge in [-0.05, 0) is 12.1 Å². The summed E-state index contributed by atoms with van der Waals surface area (Å²) in [6.07, 6.45) is 3.28. The summed E-state index contributed by atoms with van der Waals surface area (Å²) < 4.78 is 0. The van der Waals surface area contributed by atoms with Crippen molar-refractivity contribution in [2.24, 2.45) is 10.2 Å². The lowest BCUT2D eigenvalue weighted by molar-refractivity contribution is 1.03. The van der Waals surface area contributed by atoms with Crippen LogP contribution in [-0.4, -0.2) is 22.6 Å². The van der Waals surface area contributed by atoms with Crippen molar-refractivity contribution in [3.05, 3.63) is 94.0 Å². The van der Waals surface area contributed by atoms with E-state index in [4.69, 9.17) is 23.2 Å². The topological polar surface area (TPSA) is 74.6 Å². The second-order valence-electron chi connectivity index (χ2n) is 6.23. The second-order valence-corrected chi connectivity index (χ2v) is 7.04. The maximum absolute atomic E-state index is 6.15. The molecule has 0 amide bonds. The summed E-state index contributed by atoms with van der Waals surface area (Å²) in [4.78, 5) is 0. The quantitative estimate of drug-likeness (QED) is 0.295. The number of nitrogens with one attached hydrogen (secondary N) is 2. The minimum Gasteiger partial charge on any atom is -0.259 e. The molecule has 8 heteroatoms. The third-order valence-electron chi connectivity index (χ3n) is 4.25. The molecule has 4 aromatic rings. The van der Waals surface area contributed by atoms with E-state index in [-0.39, 0.29) is 0 Å². The summed E-state index contributed by atoms with van der Waals surface area (Å²) in [5.74, 6) is 1.05. The lowest BCUT2D eigenvalue weighted by atomic mass is 10.2. The Kier molecular flexibility index (Phi) is 6.17. The lowest BCUT2D eigenvalue weighted by Gasteiger charge is -2.08. The molecule has 3 aromatic carbocycles. The summed E-state index contributed by atoms with van der Waals surface area (Å²) in [5, 5.41) is 19.9. The van der Waals surface area contributed by atoms with E-state index in [0.717, 1.165) is 21.9 Å². The van der Waals surface area contributed by atoms with Crippen molar-refractivity contribution in [1.82, 2.24) is 10.2 Å². The van der Waals surface area contributed by atoms with Crippen molar-refractivity contribution in [3.63, 3.8) is 0 Å².